The van der Waals surface area contributed by atoms with Crippen molar-refractivity contribution in [3.05, 3.63) is 40.7 Å². The highest BCUT2D eigenvalue weighted by molar-refractivity contribution is 7.17. The van der Waals surface area contributed by atoms with Crippen molar-refractivity contribution in [1.29, 1.82) is 0 Å². The number of anilines is 2. The fourth-order valence-corrected chi connectivity index (χ4v) is 4.86. The molecule has 1 aliphatic carbocycles. The molecule has 0 saturated carbocycles. The highest BCUT2D eigenvalue weighted by atomic mass is 32.1. The summed E-state index contributed by atoms with van der Waals surface area (Å²) in [5, 5.41) is 3.10. The molecule has 1 aromatic carbocycles. The first-order valence-electron chi connectivity index (χ1n) is 10.1. The summed E-state index contributed by atoms with van der Waals surface area (Å²) in [6.07, 6.45) is 0.882. The van der Waals surface area contributed by atoms with E-state index >= 15 is 0 Å². The SMILES string of the molecule is CCC(=O)Nc1nc2c(s1)C(=O)CC(C(=O)N1CCN(c3ccccc3F)CC1)C2. The third-order valence-corrected chi connectivity index (χ3v) is 6.58. The Morgan fingerprint density at radius 2 is 1.93 bits per heavy atom. The van der Waals surface area contributed by atoms with E-state index in [2.05, 4.69) is 10.3 Å². The molecule has 1 atom stereocenters. The number of benzene rings is 1. The molecule has 0 bridgehead atoms. The average molecular weight is 431 g/mol. The standard InChI is InChI=1S/C21H23FN4O3S/c1-2-18(28)24-21-23-15-11-13(12-17(27)19(15)30-21)20(29)26-9-7-25(8-10-26)16-6-4-3-5-14(16)22/h3-6,13H,2,7-12H2,1H3,(H,23,24,28). The molecule has 0 radical (unpaired) electrons. The van der Waals surface area contributed by atoms with Gasteiger partial charge in [0.15, 0.2) is 10.9 Å². The maximum atomic E-state index is 14.0. The number of carbonyl (C=O) groups excluding carboxylic acids is 3. The third kappa shape index (κ3) is 4.07. The second-order valence-corrected chi connectivity index (χ2v) is 8.49. The van der Waals surface area contributed by atoms with Crippen LogP contribution in [0.4, 0.5) is 15.2 Å². The fourth-order valence-electron chi connectivity index (χ4n) is 3.90. The minimum Gasteiger partial charge on any atom is -0.366 e. The van der Waals surface area contributed by atoms with Crippen LogP contribution >= 0.6 is 11.3 Å². The van der Waals surface area contributed by atoms with E-state index in [9.17, 15) is 18.8 Å². The van der Waals surface area contributed by atoms with Gasteiger partial charge in [0, 0.05) is 45.4 Å². The van der Waals surface area contributed by atoms with Gasteiger partial charge in [-0.1, -0.05) is 30.4 Å². The zero-order valence-corrected chi connectivity index (χ0v) is 17.5. The molecule has 158 valence electrons. The van der Waals surface area contributed by atoms with Gasteiger partial charge in [-0.2, -0.15) is 0 Å². The van der Waals surface area contributed by atoms with Gasteiger partial charge in [0.2, 0.25) is 11.8 Å². The number of ketones is 1. The number of halogens is 1. The number of piperazine rings is 1. The molecule has 1 unspecified atom stereocenters. The lowest BCUT2D eigenvalue weighted by molar-refractivity contribution is -0.135. The van der Waals surface area contributed by atoms with Gasteiger partial charge in [0.1, 0.15) is 5.82 Å². The highest BCUT2D eigenvalue weighted by Crippen LogP contribution is 2.33. The maximum absolute atomic E-state index is 14.0. The maximum Gasteiger partial charge on any atom is 0.226 e. The van der Waals surface area contributed by atoms with Gasteiger partial charge in [0.25, 0.3) is 0 Å². The van der Waals surface area contributed by atoms with Crippen LogP contribution in [-0.2, 0) is 16.0 Å². The van der Waals surface area contributed by atoms with Crippen LogP contribution in [0.15, 0.2) is 24.3 Å². The van der Waals surface area contributed by atoms with E-state index in [-0.39, 0.29) is 29.8 Å². The van der Waals surface area contributed by atoms with Crippen molar-refractivity contribution in [2.24, 2.45) is 5.92 Å². The number of para-hydroxylation sites is 1. The summed E-state index contributed by atoms with van der Waals surface area (Å²) < 4.78 is 14.0. The van der Waals surface area contributed by atoms with Crippen LogP contribution in [0.2, 0.25) is 0 Å². The van der Waals surface area contributed by atoms with Gasteiger partial charge in [-0.3, -0.25) is 14.4 Å². The van der Waals surface area contributed by atoms with E-state index in [0.717, 1.165) is 0 Å². The number of amides is 2. The fraction of sp³-hybridized carbons (Fsp3) is 0.429. The summed E-state index contributed by atoms with van der Waals surface area (Å²) in [6, 6.07) is 6.63. The van der Waals surface area contributed by atoms with Gasteiger partial charge in [-0.25, -0.2) is 9.37 Å². The Balaban J connectivity index is 1.40. The van der Waals surface area contributed by atoms with Crippen molar-refractivity contribution < 1.29 is 18.8 Å². The number of Topliss-reactive ketones (excluding diaryl/α,β-unsaturated/α-hetero) is 1. The van der Waals surface area contributed by atoms with E-state index in [1.54, 1.807) is 30.0 Å². The second-order valence-electron chi connectivity index (χ2n) is 7.49. The molecule has 30 heavy (non-hydrogen) atoms. The van der Waals surface area contributed by atoms with Crippen molar-refractivity contribution in [2.45, 2.75) is 26.2 Å². The molecular formula is C21H23FN4O3S. The number of hydrogen-bond donors (Lipinski definition) is 1. The molecule has 7 nitrogen and oxygen atoms in total. The Labute approximate surface area is 177 Å². The van der Waals surface area contributed by atoms with Crippen LogP contribution in [0.1, 0.15) is 35.1 Å². The number of carbonyl (C=O) groups is 3. The number of thiazole rings is 1. The number of hydrogen-bond acceptors (Lipinski definition) is 6. The minimum atomic E-state index is -0.443. The first kappa shape index (κ1) is 20.5. The lowest BCUT2D eigenvalue weighted by atomic mass is 9.88. The third-order valence-electron chi connectivity index (χ3n) is 5.52. The average Bonchev–Trinajstić information content (AvgIpc) is 3.16. The highest BCUT2D eigenvalue weighted by Gasteiger charge is 2.36. The van der Waals surface area contributed by atoms with Crippen LogP contribution in [0, 0.1) is 11.7 Å². The Hall–Kier alpha value is -2.81. The summed E-state index contributed by atoms with van der Waals surface area (Å²) in [4.78, 5) is 45.8. The molecule has 1 fully saturated rings. The summed E-state index contributed by atoms with van der Waals surface area (Å²) >= 11 is 1.18. The van der Waals surface area contributed by atoms with Crippen LogP contribution < -0.4 is 10.2 Å². The molecule has 2 aliphatic rings. The molecule has 1 aliphatic heterocycles. The molecule has 1 aromatic heterocycles. The van der Waals surface area contributed by atoms with Gasteiger partial charge in [-0.15, -0.1) is 0 Å². The van der Waals surface area contributed by atoms with Crippen molar-refractivity contribution in [3.8, 4) is 0 Å². The molecule has 2 heterocycles. The lowest BCUT2D eigenvalue weighted by Crippen LogP contribution is -2.51. The number of nitrogens with one attached hydrogen (secondary N) is 1. The minimum absolute atomic E-state index is 0.0608. The number of fused-ring (bicyclic) bond motifs is 1. The molecule has 1 saturated heterocycles. The van der Waals surface area contributed by atoms with E-state index in [1.807, 2.05) is 4.90 Å². The van der Waals surface area contributed by atoms with Crippen molar-refractivity contribution in [1.82, 2.24) is 9.88 Å². The van der Waals surface area contributed by atoms with E-state index in [0.29, 0.717) is 60.4 Å². The Morgan fingerprint density at radius 1 is 1.20 bits per heavy atom. The first-order chi connectivity index (χ1) is 14.5. The Bertz CT molecular complexity index is 984. The molecule has 2 amide bonds. The monoisotopic (exact) mass is 430 g/mol. The molecule has 0 spiro atoms. The topological polar surface area (TPSA) is 82.6 Å². The first-order valence-corrected chi connectivity index (χ1v) is 10.9. The molecule has 9 heteroatoms. The van der Waals surface area contributed by atoms with E-state index in [4.69, 9.17) is 0 Å². The summed E-state index contributed by atoms with van der Waals surface area (Å²) in [6.45, 7) is 3.80. The predicted molar refractivity (Wildman–Crippen MR) is 112 cm³/mol. The van der Waals surface area contributed by atoms with E-state index in [1.165, 1.54) is 17.4 Å². The van der Waals surface area contributed by atoms with Crippen LogP contribution in [0.3, 0.4) is 0 Å². The van der Waals surface area contributed by atoms with Gasteiger partial charge in [0.05, 0.1) is 22.2 Å². The summed E-state index contributed by atoms with van der Waals surface area (Å²) in [5.41, 5.74) is 1.14. The zero-order chi connectivity index (χ0) is 21.3. The van der Waals surface area contributed by atoms with Crippen molar-refractivity contribution in [3.63, 3.8) is 0 Å². The predicted octanol–water partition coefficient (Wildman–Crippen LogP) is 2.72. The van der Waals surface area contributed by atoms with Crippen LogP contribution in [0.5, 0.6) is 0 Å². The van der Waals surface area contributed by atoms with Gasteiger partial charge < -0.3 is 15.1 Å². The summed E-state index contributed by atoms with van der Waals surface area (Å²) in [7, 11) is 0. The van der Waals surface area contributed by atoms with Crippen molar-refractivity contribution in [2.75, 3.05) is 36.4 Å². The van der Waals surface area contributed by atoms with Gasteiger partial charge >= 0.3 is 0 Å². The second kappa shape index (κ2) is 8.51. The van der Waals surface area contributed by atoms with E-state index < -0.39 is 5.92 Å². The Kier molecular flexibility index (Phi) is 5.80. The van der Waals surface area contributed by atoms with Gasteiger partial charge in [-0.05, 0) is 12.1 Å². The Morgan fingerprint density at radius 3 is 2.63 bits per heavy atom. The number of rotatable bonds is 4. The van der Waals surface area contributed by atoms with Crippen LogP contribution in [0.25, 0.3) is 0 Å². The zero-order valence-electron chi connectivity index (χ0n) is 16.7. The molecule has 4 rings (SSSR count). The normalized spacial score (nSPS) is 18.9. The molecular weight excluding hydrogens is 407 g/mol. The van der Waals surface area contributed by atoms with Crippen molar-refractivity contribution >= 4 is 39.8 Å². The number of aromatic nitrogens is 1. The van der Waals surface area contributed by atoms with Crippen LogP contribution in [-0.4, -0.2) is 53.7 Å². The number of nitrogens with zero attached hydrogens (tertiary/aromatic N) is 3. The lowest BCUT2D eigenvalue weighted by Gasteiger charge is -2.38. The largest absolute Gasteiger partial charge is 0.366 e. The molecule has 1 N–H and O–H groups in total. The summed E-state index contributed by atoms with van der Waals surface area (Å²) in [5.74, 6) is -1.03. The quantitative estimate of drug-likeness (QED) is 0.807. The molecule has 2 aromatic rings. The smallest absolute Gasteiger partial charge is 0.226 e.